The van der Waals surface area contributed by atoms with Gasteiger partial charge < -0.3 is 19.5 Å². The van der Waals surface area contributed by atoms with Crippen LogP contribution in [-0.4, -0.2) is 40.6 Å². The molecule has 4 nitrogen and oxygen atoms in total. The molecular weight excluding hydrogens is 230 g/mol. The summed E-state index contributed by atoms with van der Waals surface area (Å²) in [5.74, 6) is 0.861. The summed E-state index contributed by atoms with van der Waals surface area (Å²) in [5.41, 5.74) is 2.22. The molecule has 0 aliphatic rings. The molecule has 0 spiro atoms. The van der Waals surface area contributed by atoms with Gasteiger partial charge in [-0.3, -0.25) is 0 Å². The average Bonchev–Trinajstić information content (AvgIpc) is 2.38. The van der Waals surface area contributed by atoms with Crippen LogP contribution >= 0.6 is 0 Å². The Morgan fingerprint density at radius 3 is 2.67 bits per heavy atom. The van der Waals surface area contributed by atoms with E-state index in [1.165, 1.54) is 5.56 Å². The number of hydrogen-bond donors (Lipinski definition) is 1. The zero-order valence-electron chi connectivity index (χ0n) is 11.5. The van der Waals surface area contributed by atoms with Crippen molar-refractivity contribution in [2.24, 2.45) is 0 Å². The molecule has 0 aliphatic carbocycles. The summed E-state index contributed by atoms with van der Waals surface area (Å²) in [4.78, 5) is 0. The average molecular weight is 253 g/mol. The van der Waals surface area contributed by atoms with Crippen LogP contribution in [0.5, 0.6) is 5.75 Å². The van der Waals surface area contributed by atoms with E-state index < -0.39 is 0 Å². The molecule has 0 heterocycles. The molecule has 0 saturated carbocycles. The second kappa shape index (κ2) is 8.78. The van der Waals surface area contributed by atoms with E-state index in [0.29, 0.717) is 6.61 Å². The van der Waals surface area contributed by atoms with Crippen LogP contribution in [0.25, 0.3) is 0 Å². The SMILES string of the molecule is COCCCOCCNc1cc(C)ccc1OC. The van der Waals surface area contributed by atoms with Gasteiger partial charge in [0.2, 0.25) is 0 Å². The number of methoxy groups -OCH3 is 2. The molecule has 0 fully saturated rings. The van der Waals surface area contributed by atoms with Gasteiger partial charge in [-0.2, -0.15) is 0 Å². The summed E-state index contributed by atoms with van der Waals surface area (Å²) in [6.07, 6.45) is 0.935. The maximum absolute atomic E-state index is 5.48. The normalized spacial score (nSPS) is 10.4. The zero-order chi connectivity index (χ0) is 13.2. The molecule has 0 aliphatic heterocycles. The van der Waals surface area contributed by atoms with Crippen molar-refractivity contribution >= 4 is 5.69 Å². The first-order valence-electron chi connectivity index (χ1n) is 6.23. The first-order chi connectivity index (χ1) is 8.77. The number of rotatable bonds is 9. The van der Waals surface area contributed by atoms with Gasteiger partial charge in [0.05, 0.1) is 19.4 Å². The number of hydrogen-bond acceptors (Lipinski definition) is 4. The van der Waals surface area contributed by atoms with Gasteiger partial charge in [0.25, 0.3) is 0 Å². The predicted octanol–water partition coefficient (Wildman–Crippen LogP) is 2.47. The van der Waals surface area contributed by atoms with Crippen LogP contribution in [0, 0.1) is 6.92 Å². The minimum absolute atomic E-state index is 0.681. The number of benzene rings is 1. The van der Waals surface area contributed by atoms with E-state index in [2.05, 4.69) is 18.3 Å². The highest BCUT2D eigenvalue weighted by molar-refractivity contribution is 5.57. The van der Waals surface area contributed by atoms with Crippen LogP contribution in [0.15, 0.2) is 18.2 Å². The molecule has 0 amide bonds. The minimum Gasteiger partial charge on any atom is -0.495 e. The molecule has 0 saturated heterocycles. The van der Waals surface area contributed by atoms with Crippen LogP contribution < -0.4 is 10.1 Å². The topological polar surface area (TPSA) is 39.7 Å². The van der Waals surface area contributed by atoms with Crippen molar-refractivity contribution in [1.29, 1.82) is 0 Å². The number of ether oxygens (including phenoxy) is 3. The van der Waals surface area contributed by atoms with Gasteiger partial charge in [-0.15, -0.1) is 0 Å². The fourth-order valence-corrected chi connectivity index (χ4v) is 1.63. The summed E-state index contributed by atoms with van der Waals surface area (Å²) >= 11 is 0. The number of anilines is 1. The van der Waals surface area contributed by atoms with E-state index in [1.807, 2.05) is 12.1 Å². The Balaban J connectivity index is 2.24. The van der Waals surface area contributed by atoms with Gasteiger partial charge in [-0.25, -0.2) is 0 Å². The standard InChI is InChI=1S/C14H23NO3/c1-12-5-6-14(17-3)13(11-12)15-7-10-18-9-4-8-16-2/h5-6,11,15H,4,7-10H2,1-3H3. The van der Waals surface area contributed by atoms with Crippen molar-refractivity contribution in [2.45, 2.75) is 13.3 Å². The molecule has 1 aromatic rings. The van der Waals surface area contributed by atoms with Crippen LogP contribution in [0.2, 0.25) is 0 Å². The Bertz CT molecular complexity index is 342. The van der Waals surface area contributed by atoms with E-state index in [1.54, 1.807) is 14.2 Å². The lowest BCUT2D eigenvalue weighted by Gasteiger charge is -2.12. The van der Waals surface area contributed by atoms with Gasteiger partial charge in [0.15, 0.2) is 0 Å². The van der Waals surface area contributed by atoms with E-state index >= 15 is 0 Å². The molecule has 0 aromatic heterocycles. The summed E-state index contributed by atoms with van der Waals surface area (Å²) in [5, 5.41) is 3.31. The summed E-state index contributed by atoms with van der Waals surface area (Å²) in [6, 6.07) is 6.08. The highest BCUT2D eigenvalue weighted by atomic mass is 16.5. The van der Waals surface area contributed by atoms with E-state index in [0.717, 1.165) is 37.6 Å². The molecule has 102 valence electrons. The van der Waals surface area contributed by atoms with Gasteiger partial charge in [-0.1, -0.05) is 6.07 Å². The van der Waals surface area contributed by atoms with Gasteiger partial charge in [0, 0.05) is 26.9 Å². The highest BCUT2D eigenvalue weighted by Crippen LogP contribution is 2.24. The van der Waals surface area contributed by atoms with Crippen LogP contribution in [-0.2, 0) is 9.47 Å². The molecule has 1 N–H and O–H groups in total. The molecule has 0 bridgehead atoms. The Morgan fingerprint density at radius 2 is 1.94 bits per heavy atom. The maximum atomic E-state index is 5.48. The second-order valence-corrected chi connectivity index (χ2v) is 4.09. The maximum Gasteiger partial charge on any atom is 0.141 e. The van der Waals surface area contributed by atoms with Crippen molar-refractivity contribution < 1.29 is 14.2 Å². The molecule has 1 rings (SSSR count). The lowest BCUT2D eigenvalue weighted by Crippen LogP contribution is -2.11. The summed E-state index contributed by atoms with van der Waals surface area (Å²) < 4.78 is 15.7. The number of nitrogens with one attached hydrogen (secondary N) is 1. The predicted molar refractivity (Wildman–Crippen MR) is 73.5 cm³/mol. The Labute approximate surface area is 109 Å². The third-order valence-electron chi connectivity index (χ3n) is 2.55. The zero-order valence-corrected chi connectivity index (χ0v) is 11.5. The Hall–Kier alpha value is -1.26. The van der Waals surface area contributed by atoms with Crippen LogP contribution in [0.3, 0.4) is 0 Å². The largest absolute Gasteiger partial charge is 0.495 e. The lowest BCUT2D eigenvalue weighted by molar-refractivity contribution is 0.109. The van der Waals surface area contributed by atoms with Crippen molar-refractivity contribution in [3.8, 4) is 5.75 Å². The summed E-state index contributed by atoms with van der Waals surface area (Å²) in [6.45, 7) is 5.00. The molecule has 1 aromatic carbocycles. The first kappa shape index (κ1) is 14.8. The fraction of sp³-hybridized carbons (Fsp3) is 0.571. The van der Waals surface area contributed by atoms with Crippen molar-refractivity contribution in [1.82, 2.24) is 0 Å². The Kier molecular flexibility index (Phi) is 7.22. The Morgan fingerprint density at radius 1 is 1.11 bits per heavy atom. The molecule has 4 heteroatoms. The van der Waals surface area contributed by atoms with E-state index in [4.69, 9.17) is 14.2 Å². The van der Waals surface area contributed by atoms with E-state index in [9.17, 15) is 0 Å². The molecular formula is C14H23NO3. The van der Waals surface area contributed by atoms with Crippen LogP contribution in [0.4, 0.5) is 5.69 Å². The van der Waals surface area contributed by atoms with Gasteiger partial charge in [-0.05, 0) is 31.0 Å². The van der Waals surface area contributed by atoms with Crippen molar-refractivity contribution in [3.63, 3.8) is 0 Å². The van der Waals surface area contributed by atoms with Crippen molar-refractivity contribution in [2.75, 3.05) is 45.9 Å². The minimum atomic E-state index is 0.681. The summed E-state index contributed by atoms with van der Waals surface area (Å²) in [7, 11) is 3.38. The molecule has 0 atom stereocenters. The monoisotopic (exact) mass is 253 g/mol. The van der Waals surface area contributed by atoms with Crippen LogP contribution in [0.1, 0.15) is 12.0 Å². The highest BCUT2D eigenvalue weighted by Gasteiger charge is 2.01. The van der Waals surface area contributed by atoms with E-state index in [-0.39, 0.29) is 0 Å². The third-order valence-corrected chi connectivity index (χ3v) is 2.55. The smallest absolute Gasteiger partial charge is 0.141 e. The van der Waals surface area contributed by atoms with Gasteiger partial charge in [0.1, 0.15) is 5.75 Å². The molecule has 0 unspecified atom stereocenters. The molecule has 0 radical (unpaired) electrons. The van der Waals surface area contributed by atoms with Crippen molar-refractivity contribution in [3.05, 3.63) is 23.8 Å². The molecule has 18 heavy (non-hydrogen) atoms. The quantitative estimate of drug-likeness (QED) is 0.686. The fourth-order valence-electron chi connectivity index (χ4n) is 1.63. The van der Waals surface area contributed by atoms with Gasteiger partial charge >= 0.3 is 0 Å². The number of aryl methyl sites for hydroxylation is 1. The first-order valence-corrected chi connectivity index (χ1v) is 6.23. The third kappa shape index (κ3) is 5.38. The second-order valence-electron chi connectivity index (χ2n) is 4.09. The lowest BCUT2D eigenvalue weighted by atomic mass is 10.2.